The fraction of sp³-hybridized carbons (Fsp3) is 0.280. The van der Waals surface area contributed by atoms with Gasteiger partial charge in [-0.05, 0) is 31.0 Å². The lowest BCUT2D eigenvalue weighted by Crippen LogP contribution is -2.35. The molecular weight excluding hydrogens is 537 g/mol. The highest BCUT2D eigenvalue weighted by Crippen LogP contribution is 2.38. The largest absolute Gasteiger partial charge is 0.450 e. The van der Waals surface area contributed by atoms with Crippen molar-refractivity contribution in [3.05, 3.63) is 59.8 Å². The molecule has 4 aromatic heterocycles. The molecule has 1 aromatic carbocycles. The minimum absolute atomic E-state index is 0.204. The molecule has 10 nitrogen and oxygen atoms in total. The van der Waals surface area contributed by atoms with Crippen LogP contribution in [0.2, 0.25) is 5.02 Å². The number of hydrogen-bond donors (Lipinski definition) is 2. The van der Waals surface area contributed by atoms with E-state index in [0.29, 0.717) is 48.4 Å². The number of pyridine rings is 1. The van der Waals surface area contributed by atoms with Crippen LogP contribution in [-0.2, 0) is 13.2 Å². The van der Waals surface area contributed by atoms with Crippen LogP contribution in [0, 0.1) is 0 Å². The zero-order valence-electron chi connectivity index (χ0n) is 20.5. The third kappa shape index (κ3) is 4.79. The third-order valence-electron chi connectivity index (χ3n) is 6.65. The number of piperidine rings is 1. The molecule has 2 N–H and O–H groups in total. The Morgan fingerprint density at radius 2 is 1.90 bits per heavy atom. The Bertz CT molecular complexity index is 1680. The summed E-state index contributed by atoms with van der Waals surface area (Å²) in [6, 6.07) is 3.79. The van der Waals surface area contributed by atoms with Gasteiger partial charge in [0.2, 0.25) is 5.95 Å². The van der Waals surface area contributed by atoms with E-state index in [1.807, 2.05) is 4.90 Å². The monoisotopic (exact) mass is 558 g/mol. The van der Waals surface area contributed by atoms with Gasteiger partial charge in [-0.2, -0.15) is 23.3 Å². The Kier molecular flexibility index (Phi) is 6.19. The predicted octanol–water partition coefficient (Wildman–Crippen LogP) is 5.18. The first-order valence-corrected chi connectivity index (χ1v) is 12.4. The molecule has 0 saturated carbocycles. The van der Waals surface area contributed by atoms with Crippen molar-refractivity contribution in [3.8, 4) is 11.5 Å². The van der Waals surface area contributed by atoms with Crippen molar-refractivity contribution in [1.82, 2.24) is 29.1 Å². The van der Waals surface area contributed by atoms with E-state index in [1.54, 1.807) is 40.8 Å². The number of fused-ring (bicyclic) bond motifs is 2. The molecule has 39 heavy (non-hydrogen) atoms. The average Bonchev–Trinajstić information content (AvgIpc) is 3.46. The minimum Gasteiger partial charge on any atom is -0.450 e. The Hall–Kier alpha value is -4.10. The van der Waals surface area contributed by atoms with E-state index in [9.17, 15) is 18.3 Å². The lowest BCUT2D eigenvalue weighted by Gasteiger charge is -2.32. The number of rotatable bonds is 5. The summed E-state index contributed by atoms with van der Waals surface area (Å²) in [5.74, 6) is 0.926. The number of nitrogens with zero attached hydrogens (tertiary/aromatic N) is 7. The molecule has 6 rings (SSSR count). The molecule has 5 aromatic rings. The molecule has 0 amide bonds. The molecule has 0 radical (unpaired) electrons. The van der Waals surface area contributed by atoms with Crippen LogP contribution >= 0.6 is 11.6 Å². The molecule has 1 aliphatic rings. The molecule has 0 atom stereocenters. The summed E-state index contributed by atoms with van der Waals surface area (Å²) in [6.45, 7) is 0.915. The number of ether oxygens (including phenoxy) is 1. The minimum atomic E-state index is -4.54. The van der Waals surface area contributed by atoms with Gasteiger partial charge in [-0.3, -0.25) is 4.98 Å². The predicted molar refractivity (Wildman–Crippen MR) is 139 cm³/mol. The van der Waals surface area contributed by atoms with Gasteiger partial charge in [0.05, 0.1) is 30.3 Å². The van der Waals surface area contributed by atoms with Crippen LogP contribution in [0.15, 0.2) is 49.2 Å². The molecule has 0 aliphatic carbocycles. The van der Waals surface area contributed by atoms with Crippen molar-refractivity contribution in [3.63, 3.8) is 0 Å². The number of benzene rings is 1. The number of aryl methyl sites for hydroxylation is 1. The number of aliphatic hydroxyl groups excluding tert-OH is 1. The summed E-state index contributed by atoms with van der Waals surface area (Å²) in [4.78, 5) is 14.7. The highest BCUT2D eigenvalue weighted by atomic mass is 35.5. The van der Waals surface area contributed by atoms with Crippen LogP contribution in [-0.4, -0.2) is 53.4 Å². The Balaban J connectivity index is 1.34. The molecule has 1 saturated heterocycles. The first-order chi connectivity index (χ1) is 18.7. The van der Waals surface area contributed by atoms with Crippen LogP contribution in [0.1, 0.15) is 18.4 Å². The Morgan fingerprint density at radius 3 is 2.67 bits per heavy atom. The van der Waals surface area contributed by atoms with Gasteiger partial charge in [0, 0.05) is 43.9 Å². The standard InChI is InChI=1S/C25H22ClF3N8O2/c1-35-22-21(26)20(39-19-13-32-37-7-4-30-11-18(19)37)12-31-23(22)34-24(35)33-15-8-14(25(27,28)29)9-16(10-15)36-5-2-17(38)3-6-36/h4,7-13,17,38H,2-3,5-6H2,1H3,(H,31,33,34). The number of anilines is 3. The van der Waals surface area contributed by atoms with Crippen LogP contribution in [0.4, 0.5) is 30.5 Å². The molecule has 1 aliphatic heterocycles. The number of aromatic nitrogens is 6. The number of halogens is 4. The van der Waals surface area contributed by atoms with Crippen LogP contribution in [0.5, 0.6) is 11.5 Å². The van der Waals surface area contributed by atoms with E-state index in [-0.39, 0.29) is 28.1 Å². The van der Waals surface area contributed by atoms with Crippen molar-refractivity contribution in [1.29, 1.82) is 0 Å². The first kappa shape index (κ1) is 25.2. The average molecular weight is 559 g/mol. The van der Waals surface area contributed by atoms with Gasteiger partial charge >= 0.3 is 6.18 Å². The summed E-state index contributed by atoms with van der Waals surface area (Å²) in [5.41, 5.74) is 1.18. The van der Waals surface area contributed by atoms with Crippen molar-refractivity contribution < 1.29 is 23.0 Å². The van der Waals surface area contributed by atoms with Gasteiger partial charge in [-0.15, -0.1) is 0 Å². The zero-order chi connectivity index (χ0) is 27.3. The van der Waals surface area contributed by atoms with E-state index in [1.165, 1.54) is 12.4 Å². The fourth-order valence-electron chi connectivity index (χ4n) is 4.59. The lowest BCUT2D eigenvalue weighted by molar-refractivity contribution is -0.137. The summed E-state index contributed by atoms with van der Waals surface area (Å²) < 4.78 is 50.4. The quantitative estimate of drug-likeness (QED) is 0.304. The highest BCUT2D eigenvalue weighted by molar-refractivity contribution is 6.36. The fourth-order valence-corrected chi connectivity index (χ4v) is 4.89. The lowest BCUT2D eigenvalue weighted by atomic mass is 10.1. The zero-order valence-corrected chi connectivity index (χ0v) is 21.3. The number of nitrogens with one attached hydrogen (secondary N) is 1. The van der Waals surface area contributed by atoms with Gasteiger partial charge in [0.15, 0.2) is 17.1 Å². The summed E-state index contributed by atoms with van der Waals surface area (Å²) in [7, 11) is 1.68. The van der Waals surface area contributed by atoms with Crippen LogP contribution in [0.3, 0.4) is 0 Å². The van der Waals surface area contributed by atoms with Gasteiger partial charge in [-0.25, -0.2) is 9.50 Å². The van der Waals surface area contributed by atoms with Crippen molar-refractivity contribution in [2.45, 2.75) is 25.1 Å². The molecule has 0 unspecified atom stereocenters. The first-order valence-electron chi connectivity index (χ1n) is 12.1. The second-order valence-electron chi connectivity index (χ2n) is 9.23. The van der Waals surface area contributed by atoms with E-state index < -0.39 is 17.8 Å². The summed E-state index contributed by atoms with van der Waals surface area (Å²) in [5, 5.41) is 17.2. The van der Waals surface area contributed by atoms with Gasteiger partial charge in [0.25, 0.3) is 0 Å². The SMILES string of the molecule is Cn1c(Nc2cc(N3CCC(O)CC3)cc(C(F)(F)F)c2)nc2ncc(Oc3cnn4ccncc34)c(Cl)c21. The molecule has 202 valence electrons. The third-order valence-corrected chi connectivity index (χ3v) is 7.01. The molecule has 0 spiro atoms. The Morgan fingerprint density at radius 1 is 1.10 bits per heavy atom. The second-order valence-corrected chi connectivity index (χ2v) is 9.61. The topological polar surface area (TPSA) is 106 Å². The smallest absolute Gasteiger partial charge is 0.416 e. The molecular formula is C25H22ClF3N8O2. The van der Waals surface area contributed by atoms with Crippen LogP contribution < -0.4 is 15.0 Å². The van der Waals surface area contributed by atoms with E-state index >= 15 is 0 Å². The number of imidazole rings is 1. The number of hydrogen-bond acceptors (Lipinski definition) is 8. The summed E-state index contributed by atoms with van der Waals surface area (Å²) >= 11 is 6.68. The second kappa shape index (κ2) is 9.58. The number of alkyl halides is 3. The maximum Gasteiger partial charge on any atom is 0.416 e. The van der Waals surface area contributed by atoms with E-state index in [0.717, 1.165) is 12.1 Å². The van der Waals surface area contributed by atoms with Gasteiger partial charge in [-0.1, -0.05) is 11.6 Å². The van der Waals surface area contributed by atoms with Crippen molar-refractivity contribution in [2.75, 3.05) is 23.3 Å². The van der Waals surface area contributed by atoms with Crippen molar-refractivity contribution >= 4 is 45.6 Å². The molecule has 0 bridgehead atoms. The van der Waals surface area contributed by atoms with Gasteiger partial charge < -0.3 is 24.6 Å². The number of aliphatic hydroxyl groups is 1. The maximum absolute atomic E-state index is 13.8. The maximum atomic E-state index is 13.8. The molecule has 14 heteroatoms. The molecule has 1 fully saturated rings. The highest BCUT2D eigenvalue weighted by Gasteiger charge is 2.32. The Labute approximate surface area is 224 Å². The summed E-state index contributed by atoms with van der Waals surface area (Å²) in [6.07, 6.45) is 3.82. The van der Waals surface area contributed by atoms with Crippen molar-refractivity contribution in [2.24, 2.45) is 7.05 Å². The van der Waals surface area contributed by atoms with E-state index in [4.69, 9.17) is 16.3 Å². The van der Waals surface area contributed by atoms with Crippen LogP contribution in [0.25, 0.3) is 16.7 Å². The van der Waals surface area contributed by atoms with E-state index in [2.05, 4.69) is 25.4 Å². The molecule has 5 heterocycles. The normalized spacial score (nSPS) is 14.9. The van der Waals surface area contributed by atoms with Gasteiger partial charge in [0.1, 0.15) is 16.1 Å².